The summed E-state index contributed by atoms with van der Waals surface area (Å²) in [7, 11) is 0. The molecule has 33 heavy (non-hydrogen) atoms. The standard InChI is InChI=1S/C26H26N2O5/c1-3-31-26(29)22(24-16-30-17-27-24)15-19-9-11-21(12-10-19)32-14-13-23-18(2)33-25(28-23)20-7-5-4-6-8-20/h4-12,16-17,22H,3,13-15H2,1-2H3. The Morgan fingerprint density at radius 2 is 1.88 bits per heavy atom. The molecule has 4 rings (SSSR count). The van der Waals surface area contributed by atoms with E-state index in [1.54, 1.807) is 6.92 Å². The second-order valence-electron chi connectivity index (χ2n) is 7.55. The number of oxazole rings is 2. The first kappa shape index (κ1) is 22.3. The van der Waals surface area contributed by atoms with Crippen molar-refractivity contribution in [3.05, 3.63) is 90.0 Å². The third kappa shape index (κ3) is 5.68. The lowest BCUT2D eigenvalue weighted by molar-refractivity contribution is -0.145. The largest absolute Gasteiger partial charge is 0.493 e. The van der Waals surface area contributed by atoms with E-state index in [1.807, 2.05) is 61.5 Å². The van der Waals surface area contributed by atoms with E-state index in [4.69, 9.17) is 18.3 Å². The Morgan fingerprint density at radius 1 is 1.09 bits per heavy atom. The van der Waals surface area contributed by atoms with Gasteiger partial charge in [0.05, 0.1) is 24.6 Å². The molecule has 1 atom stereocenters. The van der Waals surface area contributed by atoms with E-state index in [0.29, 0.717) is 37.6 Å². The number of aromatic nitrogens is 2. The molecule has 1 unspecified atom stereocenters. The highest BCUT2D eigenvalue weighted by atomic mass is 16.5. The second-order valence-corrected chi connectivity index (χ2v) is 7.55. The topological polar surface area (TPSA) is 87.6 Å². The first-order valence-electron chi connectivity index (χ1n) is 10.9. The quantitative estimate of drug-likeness (QED) is 0.311. The Balaban J connectivity index is 1.33. The number of ether oxygens (including phenoxy) is 2. The van der Waals surface area contributed by atoms with Gasteiger partial charge in [0.1, 0.15) is 23.7 Å². The summed E-state index contributed by atoms with van der Waals surface area (Å²) in [5.41, 5.74) is 3.38. The number of hydrogen-bond acceptors (Lipinski definition) is 7. The molecule has 7 nitrogen and oxygen atoms in total. The maximum atomic E-state index is 12.4. The molecule has 7 heteroatoms. The minimum absolute atomic E-state index is 0.315. The van der Waals surface area contributed by atoms with Gasteiger partial charge in [-0.25, -0.2) is 9.97 Å². The highest BCUT2D eigenvalue weighted by Crippen LogP contribution is 2.24. The monoisotopic (exact) mass is 446 g/mol. The Bertz CT molecular complexity index is 1150. The third-order valence-electron chi connectivity index (χ3n) is 5.26. The van der Waals surface area contributed by atoms with Crippen LogP contribution in [0.1, 0.15) is 35.6 Å². The summed E-state index contributed by atoms with van der Waals surface area (Å²) in [6, 6.07) is 17.5. The summed E-state index contributed by atoms with van der Waals surface area (Å²) in [6.07, 6.45) is 3.90. The van der Waals surface area contributed by atoms with Gasteiger partial charge in [-0.1, -0.05) is 30.3 Å². The van der Waals surface area contributed by atoms with Gasteiger partial charge in [-0.05, 0) is 50.1 Å². The summed E-state index contributed by atoms with van der Waals surface area (Å²) in [5.74, 6) is 1.34. The Kier molecular flexibility index (Phi) is 7.19. The Morgan fingerprint density at radius 3 is 2.58 bits per heavy atom. The number of esters is 1. The highest BCUT2D eigenvalue weighted by molar-refractivity contribution is 5.77. The summed E-state index contributed by atoms with van der Waals surface area (Å²) in [4.78, 5) is 21.1. The van der Waals surface area contributed by atoms with Crippen LogP contribution in [0.2, 0.25) is 0 Å². The van der Waals surface area contributed by atoms with Gasteiger partial charge in [0.25, 0.3) is 0 Å². The Hall–Kier alpha value is -3.87. The van der Waals surface area contributed by atoms with Crippen molar-refractivity contribution in [1.82, 2.24) is 9.97 Å². The zero-order valence-corrected chi connectivity index (χ0v) is 18.7. The molecule has 0 aliphatic heterocycles. The molecule has 0 spiro atoms. The summed E-state index contributed by atoms with van der Waals surface area (Å²) in [5, 5.41) is 0. The van der Waals surface area contributed by atoms with E-state index in [2.05, 4.69) is 9.97 Å². The minimum atomic E-state index is -0.510. The van der Waals surface area contributed by atoms with E-state index in [9.17, 15) is 4.79 Å². The molecule has 2 heterocycles. The zero-order valence-electron chi connectivity index (χ0n) is 18.7. The average molecular weight is 447 g/mol. The lowest BCUT2D eigenvalue weighted by atomic mass is 9.97. The van der Waals surface area contributed by atoms with Gasteiger partial charge in [0.15, 0.2) is 6.39 Å². The number of hydrogen-bond donors (Lipinski definition) is 0. The zero-order chi connectivity index (χ0) is 23.0. The van der Waals surface area contributed by atoms with E-state index >= 15 is 0 Å². The summed E-state index contributed by atoms with van der Waals surface area (Å²) < 4.78 is 21.9. The molecule has 0 N–H and O–H groups in total. The molecule has 0 saturated carbocycles. The van der Waals surface area contributed by atoms with Crippen LogP contribution in [0.25, 0.3) is 11.5 Å². The molecule has 0 fully saturated rings. The highest BCUT2D eigenvalue weighted by Gasteiger charge is 2.25. The van der Waals surface area contributed by atoms with Crippen LogP contribution in [-0.4, -0.2) is 29.2 Å². The molecular weight excluding hydrogens is 420 g/mol. The number of rotatable bonds is 10. The van der Waals surface area contributed by atoms with Gasteiger partial charge >= 0.3 is 5.97 Å². The molecular formula is C26H26N2O5. The van der Waals surface area contributed by atoms with Crippen molar-refractivity contribution in [3.63, 3.8) is 0 Å². The number of aryl methyl sites for hydroxylation is 1. The molecule has 0 aliphatic carbocycles. The number of carbonyl (C=O) groups excluding carboxylic acids is 1. The number of nitrogens with zero attached hydrogens (tertiary/aromatic N) is 2. The van der Waals surface area contributed by atoms with Crippen LogP contribution in [0, 0.1) is 6.92 Å². The summed E-state index contributed by atoms with van der Waals surface area (Å²) in [6.45, 7) is 4.49. The number of carbonyl (C=O) groups is 1. The van der Waals surface area contributed by atoms with Crippen LogP contribution >= 0.6 is 0 Å². The molecule has 2 aromatic carbocycles. The molecule has 0 aliphatic rings. The van der Waals surface area contributed by atoms with Gasteiger partial charge in [-0.2, -0.15) is 0 Å². The van der Waals surface area contributed by atoms with Crippen molar-refractivity contribution in [2.75, 3.05) is 13.2 Å². The Labute approximate surface area is 192 Å². The van der Waals surface area contributed by atoms with Crippen molar-refractivity contribution < 1.29 is 23.1 Å². The van der Waals surface area contributed by atoms with Crippen LogP contribution in [0.4, 0.5) is 0 Å². The van der Waals surface area contributed by atoms with Gasteiger partial charge < -0.3 is 18.3 Å². The number of benzene rings is 2. The lowest BCUT2D eigenvalue weighted by Gasteiger charge is -2.13. The van der Waals surface area contributed by atoms with Crippen molar-refractivity contribution >= 4 is 5.97 Å². The first-order valence-corrected chi connectivity index (χ1v) is 10.9. The molecule has 0 saturated heterocycles. The molecule has 0 amide bonds. The van der Waals surface area contributed by atoms with Crippen molar-refractivity contribution in [2.45, 2.75) is 32.6 Å². The maximum Gasteiger partial charge on any atom is 0.315 e. The van der Waals surface area contributed by atoms with Gasteiger partial charge in [0, 0.05) is 12.0 Å². The van der Waals surface area contributed by atoms with E-state index < -0.39 is 5.92 Å². The van der Waals surface area contributed by atoms with Crippen LogP contribution in [0.5, 0.6) is 5.75 Å². The average Bonchev–Trinajstić information content (AvgIpc) is 3.49. The fraction of sp³-hybridized carbons (Fsp3) is 0.269. The molecule has 2 aromatic heterocycles. The van der Waals surface area contributed by atoms with Crippen LogP contribution in [0.15, 0.2) is 76.1 Å². The lowest BCUT2D eigenvalue weighted by Crippen LogP contribution is -2.18. The van der Waals surface area contributed by atoms with Gasteiger partial charge in [-0.3, -0.25) is 4.79 Å². The van der Waals surface area contributed by atoms with Crippen LogP contribution < -0.4 is 4.74 Å². The van der Waals surface area contributed by atoms with E-state index in [1.165, 1.54) is 12.7 Å². The third-order valence-corrected chi connectivity index (χ3v) is 5.26. The normalized spacial score (nSPS) is 11.8. The first-order chi connectivity index (χ1) is 16.1. The van der Waals surface area contributed by atoms with Crippen LogP contribution in [-0.2, 0) is 22.4 Å². The fourth-order valence-electron chi connectivity index (χ4n) is 3.53. The predicted octanol–water partition coefficient (Wildman–Crippen LogP) is 5.15. The fourth-order valence-corrected chi connectivity index (χ4v) is 3.53. The van der Waals surface area contributed by atoms with Crippen molar-refractivity contribution in [1.29, 1.82) is 0 Å². The smallest absolute Gasteiger partial charge is 0.315 e. The van der Waals surface area contributed by atoms with Crippen LogP contribution in [0.3, 0.4) is 0 Å². The van der Waals surface area contributed by atoms with Crippen molar-refractivity contribution in [3.8, 4) is 17.2 Å². The molecule has 0 radical (unpaired) electrons. The maximum absolute atomic E-state index is 12.4. The molecule has 170 valence electrons. The molecule has 4 aromatic rings. The van der Waals surface area contributed by atoms with Crippen molar-refractivity contribution in [2.24, 2.45) is 0 Å². The summed E-state index contributed by atoms with van der Waals surface area (Å²) >= 11 is 0. The minimum Gasteiger partial charge on any atom is -0.493 e. The second kappa shape index (κ2) is 10.6. The van der Waals surface area contributed by atoms with Gasteiger partial charge in [0.2, 0.25) is 5.89 Å². The van der Waals surface area contributed by atoms with Gasteiger partial charge in [-0.15, -0.1) is 0 Å². The van der Waals surface area contributed by atoms with E-state index in [0.717, 1.165) is 28.3 Å². The van der Waals surface area contributed by atoms with E-state index in [-0.39, 0.29) is 5.97 Å². The SMILES string of the molecule is CCOC(=O)C(Cc1ccc(OCCc2nc(-c3ccccc3)oc2C)cc1)c1cocn1. The predicted molar refractivity (Wildman–Crippen MR) is 122 cm³/mol. The molecule has 0 bridgehead atoms.